The Hall–Kier alpha value is -0.530. The van der Waals surface area contributed by atoms with E-state index >= 15 is 0 Å². The lowest BCUT2D eigenvalue weighted by Gasteiger charge is -2.26. The molecule has 0 amide bonds. The van der Waals surface area contributed by atoms with Crippen molar-refractivity contribution in [3.63, 3.8) is 0 Å². The average molecular weight is 212 g/mol. The monoisotopic (exact) mass is 212 g/mol. The molecule has 1 aliphatic heterocycles. The zero-order chi connectivity index (χ0) is 11.3. The zero-order valence-corrected chi connectivity index (χ0v) is 10.3. The Balaban J connectivity index is 2.25. The van der Waals surface area contributed by atoms with Crippen molar-refractivity contribution < 1.29 is 9.53 Å². The summed E-state index contributed by atoms with van der Waals surface area (Å²) in [4.78, 5) is 11.5. The molecule has 1 heterocycles. The van der Waals surface area contributed by atoms with Crippen molar-refractivity contribution in [2.24, 2.45) is 17.8 Å². The average Bonchev–Trinajstić information content (AvgIpc) is 2.17. The van der Waals surface area contributed by atoms with E-state index in [2.05, 4.69) is 20.8 Å². The van der Waals surface area contributed by atoms with Crippen molar-refractivity contribution in [1.29, 1.82) is 0 Å². The highest BCUT2D eigenvalue weighted by Crippen LogP contribution is 2.27. The standard InChI is InChI=1S/C13H24O2/c1-10(2)6-4-7-11(3)12-8-5-9-15-13(12)14/h10-12H,4-9H2,1-3H3. The first-order chi connectivity index (χ1) is 7.11. The Kier molecular flexibility index (Phi) is 5.13. The zero-order valence-electron chi connectivity index (χ0n) is 10.3. The highest BCUT2D eigenvalue weighted by atomic mass is 16.5. The van der Waals surface area contributed by atoms with Gasteiger partial charge in [-0.1, -0.05) is 33.6 Å². The van der Waals surface area contributed by atoms with Crippen molar-refractivity contribution in [3.05, 3.63) is 0 Å². The molecule has 1 fully saturated rings. The van der Waals surface area contributed by atoms with E-state index in [1.54, 1.807) is 0 Å². The molecule has 88 valence electrons. The Morgan fingerprint density at radius 2 is 2.07 bits per heavy atom. The SMILES string of the molecule is CC(C)CCCC(C)C1CCCOC1=O. The highest BCUT2D eigenvalue weighted by Gasteiger charge is 2.28. The van der Waals surface area contributed by atoms with Gasteiger partial charge in [0.15, 0.2) is 0 Å². The summed E-state index contributed by atoms with van der Waals surface area (Å²) in [5, 5.41) is 0. The van der Waals surface area contributed by atoms with Gasteiger partial charge in [-0.15, -0.1) is 0 Å². The fourth-order valence-corrected chi connectivity index (χ4v) is 2.27. The Morgan fingerprint density at radius 1 is 1.33 bits per heavy atom. The number of esters is 1. The van der Waals surface area contributed by atoms with Crippen LogP contribution >= 0.6 is 0 Å². The van der Waals surface area contributed by atoms with E-state index < -0.39 is 0 Å². The van der Waals surface area contributed by atoms with Crippen LogP contribution < -0.4 is 0 Å². The molecule has 1 rings (SSSR count). The van der Waals surface area contributed by atoms with E-state index in [1.807, 2.05) is 0 Å². The van der Waals surface area contributed by atoms with Crippen LogP contribution in [0.15, 0.2) is 0 Å². The molecule has 2 atom stereocenters. The van der Waals surface area contributed by atoms with Gasteiger partial charge in [0, 0.05) is 0 Å². The number of carbonyl (C=O) groups excluding carboxylic acids is 1. The fraction of sp³-hybridized carbons (Fsp3) is 0.923. The molecule has 1 aliphatic rings. The molecule has 2 unspecified atom stereocenters. The molecule has 1 saturated heterocycles. The lowest BCUT2D eigenvalue weighted by molar-refractivity contribution is -0.155. The second-order valence-electron chi connectivity index (χ2n) is 5.22. The van der Waals surface area contributed by atoms with Gasteiger partial charge in [0.05, 0.1) is 12.5 Å². The van der Waals surface area contributed by atoms with Gasteiger partial charge in [0.1, 0.15) is 0 Å². The summed E-state index contributed by atoms with van der Waals surface area (Å²) in [5.74, 6) is 1.48. The van der Waals surface area contributed by atoms with Gasteiger partial charge in [-0.25, -0.2) is 0 Å². The second-order valence-corrected chi connectivity index (χ2v) is 5.22. The highest BCUT2D eigenvalue weighted by molar-refractivity contribution is 5.73. The van der Waals surface area contributed by atoms with Crippen LogP contribution in [-0.2, 0) is 9.53 Å². The largest absolute Gasteiger partial charge is 0.465 e. The van der Waals surface area contributed by atoms with Gasteiger partial charge in [-0.2, -0.15) is 0 Å². The first-order valence-corrected chi connectivity index (χ1v) is 6.28. The van der Waals surface area contributed by atoms with E-state index in [-0.39, 0.29) is 11.9 Å². The van der Waals surface area contributed by atoms with Gasteiger partial charge >= 0.3 is 5.97 Å². The van der Waals surface area contributed by atoms with E-state index in [0.717, 1.165) is 25.2 Å². The molecule has 0 aromatic rings. The predicted octanol–water partition coefficient (Wildman–Crippen LogP) is 3.40. The Morgan fingerprint density at radius 3 is 2.67 bits per heavy atom. The number of cyclic esters (lactones) is 1. The van der Waals surface area contributed by atoms with Gasteiger partial charge in [-0.05, 0) is 31.1 Å². The molecule has 0 bridgehead atoms. The third kappa shape index (κ3) is 4.23. The summed E-state index contributed by atoms with van der Waals surface area (Å²) < 4.78 is 5.10. The van der Waals surface area contributed by atoms with Crippen LogP contribution in [0.5, 0.6) is 0 Å². The van der Waals surface area contributed by atoms with Crippen LogP contribution in [-0.4, -0.2) is 12.6 Å². The molecule has 0 radical (unpaired) electrons. The van der Waals surface area contributed by atoms with Gasteiger partial charge in [-0.3, -0.25) is 4.79 Å². The van der Waals surface area contributed by atoms with Crippen molar-refractivity contribution in [2.45, 2.75) is 52.9 Å². The van der Waals surface area contributed by atoms with Crippen molar-refractivity contribution in [1.82, 2.24) is 0 Å². The maximum absolute atomic E-state index is 11.5. The van der Waals surface area contributed by atoms with Gasteiger partial charge in [0.2, 0.25) is 0 Å². The van der Waals surface area contributed by atoms with E-state index in [9.17, 15) is 4.79 Å². The first-order valence-electron chi connectivity index (χ1n) is 6.28. The third-order valence-corrected chi connectivity index (χ3v) is 3.33. The van der Waals surface area contributed by atoms with Crippen molar-refractivity contribution in [3.8, 4) is 0 Å². The third-order valence-electron chi connectivity index (χ3n) is 3.33. The number of hydrogen-bond acceptors (Lipinski definition) is 2. The molecule has 2 heteroatoms. The summed E-state index contributed by atoms with van der Waals surface area (Å²) in [6, 6.07) is 0. The molecule has 0 aromatic carbocycles. The molecular weight excluding hydrogens is 188 g/mol. The predicted molar refractivity (Wildman–Crippen MR) is 61.5 cm³/mol. The van der Waals surface area contributed by atoms with Crippen LogP contribution in [0.1, 0.15) is 52.9 Å². The first kappa shape index (κ1) is 12.5. The molecule has 0 spiro atoms. The van der Waals surface area contributed by atoms with Crippen LogP contribution in [0.2, 0.25) is 0 Å². The minimum atomic E-state index is 0.0401. The van der Waals surface area contributed by atoms with Gasteiger partial charge in [0.25, 0.3) is 0 Å². The van der Waals surface area contributed by atoms with Crippen molar-refractivity contribution >= 4 is 5.97 Å². The fourth-order valence-electron chi connectivity index (χ4n) is 2.27. The minimum Gasteiger partial charge on any atom is -0.465 e. The molecule has 0 aliphatic carbocycles. The smallest absolute Gasteiger partial charge is 0.309 e. The van der Waals surface area contributed by atoms with Crippen LogP contribution in [0.3, 0.4) is 0 Å². The quantitative estimate of drug-likeness (QED) is 0.653. The summed E-state index contributed by atoms with van der Waals surface area (Å²) in [7, 11) is 0. The van der Waals surface area contributed by atoms with E-state index in [0.29, 0.717) is 12.5 Å². The normalized spacial score (nSPS) is 24.0. The maximum atomic E-state index is 11.5. The summed E-state index contributed by atoms with van der Waals surface area (Å²) in [6.07, 6.45) is 5.75. The Bertz CT molecular complexity index is 199. The van der Waals surface area contributed by atoms with E-state index in [1.165, 1.54) is 12.8 Å². The lowest BCUT2D eigenvalue weighted by Crippen LogP contribution is -2.29. The molecule has 0 aromatic heterocycles. The topological polar surface area (TPSA) is 26.3 Å². The number of ether oxygens (including phenoxy) is 1. The van der Waals surface area contributed by atoms with Crippen LogP contribution in [0.4, 0.5) is 0 Å². The number of hydrogen-bond donors (Lipinski definition) is 0. The molecule has 15 heavy (non-hydrogen) atoms. The molecule has 0 saturated carbocycles. The molecular formula is C13H24O2. The van der Waals surface area contributed by atoms with Crippen LogP contribution in [0.25, 0.3) is 0 Å². The van der Waals surface area contributed by atoms with Crippen LogP contribution in [0, 0.1) is 17.8 Å². The second kappa shape index (κ2) is 6.14. The van der Waals surface area contributed by atoms with Gasteiger partial charge < -0.3 is 4.74 Å². The summed E-state index contributed by atoms with van der Waals surface area (Å²) >= 11 is 0. The summed E-state index contributed by atoms with van der Waals surface area (Å²) in [5.41, 5.74) is 0. The Labute approximate surface area is 93.4 Å². The van der Waals surface area contributed by atoms with Crippen molar-refractivity contribution in [2.75, 3.05) is 6.61 Å². The lowest BCUT2D eigenvalue weighted by atomic mass is 9.84. The molecule has 2 nitrogen and oxygen atoms in total. The minimum absolute atomic E-state index is 0.0401. The number of carbonyl (C=O) groups is 1. The maximum Gasteiger partial charge on any atom is 0.309 e. The molecule has 0 N–H and O–H groups in total. The van der Waals surface area contributed by atoms with E-state index in [4.69, 9.17) is 4.74 Å². The summed E-state index contributed by atoms with van der Waals surface area (Å²) in [6.45, 7) is 7.32. The number of rotatable bonds is 5.